The first kappa shape index (κ1) is 14.9. The molecule has 1 aromatic rings. The Labute approximate surface area is 121 Å². The number of aliphatic hydroxyl groups is 1. The van der Waals surface area contributed by atoms with E-state index in [0.29, 0.717) is 11.0 Å². The van der Waals surface area contributed by atoms with Crippen LogP contribution in [0.3, 0.4) is 0 Å². The molecule has 0 amide bonds. The fourth-order valence-electron chi connectivity index (χ4n) is 2.23. The van der Waals surface area contributed by atoms with Crippen molar-refractivity contribution < 1.29 is 14.2 Å². The van der Waals surface area contributed by atoms with Gasteiger partial charge < -0.3 is 15.2 Å². The molecule has 106 valence electrons. The number of aliphatic hydroxyl groups excluding tert-OH is 1. The second-order valence-corrected chi connectivity index (χ2v) is 5.99. The van der Waals surface area contributed by atoms with Crippen LogP contribution in [-0.2, 0) is 10.3 Å². The van der Waals surface area contributed by atoms with E-state index >= 15 is 0 Å². The highest BCUT2D eigenvalue weighted by Gasteiger charge is 2.28. The molecule has 0 bridgehead atoms. The lowest BCUT2D eigenvalue weighted by Gasteiger charge is -2.31. The third kappa shape index (κ3) is 3.54. The quantitative estimate of drug-likeness (QED) is 0.871. The highest BCUT2D eigenvalue weighted by molar-refractivity contribution is 9.10. The van der Waals surface area contributed by atoms with Gasteiger partial charge in [0.25, 0.3) is 0 Å². The molecule has 0 saturated carbocycles. The monoisotopic (exact) mass is 331 g/mol. The number of benzene rings is 1. The minimum Gasteiger partial charge on any atom is -0.394 e. The maximum atomic E-state index is 13.3. The predicted molar refractivity (Wildman–Crippen MR) is 75.5 cm³/mol. The SMILES string of the molecule is CC(CO)(NCC1CCCO1)c1ccc(F)c(Br)c1. The molecule has 2 N–H and O–H groups in total. The molecule has 1 heterocycles. The van der Waals surface area contributed by atoms with Gasteiger partial charge in [-0.2, -0.15) is 0 Å². The van der Waals surface area contributed by atoms with Crippen molar-refractivity contribution in [2.75, 3.05) is 19.8 Å². The minimum atomic E-state index is -0.595. The summed E-state index contributed by atoms with van der Waals surface area (Å²) in [6.07, 6.45) is 2.33. The third-order valence-corrected chi connectivity index (χ3v) is 4.22. The summed E-state index contributed by atoms with van der Waals surface area (Å²) in [5.74, 6) is -0.303. The van der Waals surface area contributed by atoms with Crippen LogP contribution in [0.4, 0.5) is 4.39 Å². The number of rotatable bonds is 5. The van der Waals surface area contributed by atoms with Gasteiger partial charge in [-0.3, -0.25) is 0 Å². The van der Waals surface area contributed by atoms with Gasteiger partial charge in [0.05, 0.1) is 22.7 Å². The first-order valence-electron chi connectivity index (χ1n) is 6.48. The van der Waals surface area contributed by atoms with Gasteiger partial charge in [-0.25, -0.2) is 4.39 Å². The van der Waals surface area contributed by atoms with Crippen LogP contribution in [0.2, 0.25) is 0 Å². The summed E-state index contributed by atoms with van der Waals surface area (Å²) >= 11 is 3.18. The van der Waals surface area contributed by atoms with Crippen molar-refractivity contribution in [1.82, 2.24) is 5.32 Å². The van der Waals surface area contributed by atoms with Gasteiger partial charge in [0.1, 0.15) is 5.82 Å². The van der Waals surface area contributed by atoms with Gasteiger partial charge >= 0.3 is 0 Å². The summed E-state index contributed by atoms with van der Waals surface area (Å²) in [5.41, 5.74) is 0.253. The third-order valence-electron chi connectivity index (χ3n) is 3.62. The lowest BCUT2D eigenvalue weighted by molar-refractivity contribution is 0.0910. The van der Waals surface area contributed by atoms with E-state index in [1.807, 2.05) is 6.92 Å². The molecule has 5 heteroatoms. The highest BCUT2D eigenvalue weighted by Crippen LogP contribution is 2.26. The van der Waals surface area contributed by atoms with Crippen LogP contribution in [0.25, 0.3) is 0 Å². The normalized spacial score (nSPS) is 22.4. The molecule has 2 atom stereocenters. The van der Waals surface area contributed by atoms with Gasteiger partial charge in [-0.15, -0.1) is 0 Å². The van der Waals surface area contributed by atoms with Crippen molar-refractivity contribution in [3.8, 4) is 0 Å². The van der Waals surface area contributed by atoms with Crippen molar-refractivity contribution in [2.24, 2.45) is 0 Å². The predicted octanol–water partition coefficient (Wildman–Crippen LogP) is 2.56. The van der Waals surface area contributed by atoms with E-state index < -0.39 is 5.54 Å². The van der Waals surface area contributed by atoms with Gasteiger partial charge in [0.2, 0.25) is 0 Å². The first-order chi connectivity index (χ1) is 9.05. The first-order valence-corrected chi connectivity index (χ1v) is 7.27. The average Bonchev–Trinajstić information content (AvgIpc) is 2.92. The van der Waals surface area contributed by atoms with E-state index in [-0.39, 0.29) is 18.5 Å². The minimum absolute atomic E-state index is 0.0577. The van der Waals surface area contributed by atoms with E-state index in [0.717, 1.165) is 25.0 Å². The maximum Gasteiger partial charge on any atom is 0.137 e. The molecule has 0 aliphatic carbocycles. The molecule has 1 saturated heterocycles. The van der Waals surface area contributed by atoms with Crippen molar-refractivity contribution in [3.63, 3.8) is 0 Å². The van der Waals surface area contributed by atoms with Crippen molar-refractivity contribution in [2.45, 2.75) is 31.4 Å². The largest absolute Gasteiger partial charge is 0.394 e. The zero-order chi connectivity index (χ0) is 13.9. The number of halogens is 2. The number of hydrogen-bond donors (Lipinski definition) is 2. The Morgan fingerprint density at radius 3 is 2.95 bits per heavy atom. The lowest BCUT2D eigenvalue weighted by Crippen LogP contribution is -2.46. The lowest BCUT2D eigenvalue weighted by atomic mass is 9.92. The Balaban J connectivity index is 2.08. The van der Waals surface area contributed by atoms with Gasteiger partial charge in [0.15, 0.2) is 0 Å². The molecular formula is C14H19BrFNO2. The number of nitrogens with one attached hydrogen (secondary N) is 1. The summed E-state index contributed by atoms with van der Waals surface area (Å²) in [6.45, 7) is 3.34. The van der Waals surface area contributed by atoms with E-state index in [1.54, 1.807) is 12.1 Å². The molecule has 0 aromatic heterocycles. The Bertz CT molecular complexity index is 437. The molecular weight excluding hydrogens is 313 g/mol. The van der Waals surface area contributed by atoms with Crippen LogP contribution in [0.15, 0.2) is 22.7 Å². The molecule has 0 radical (unpaired) electrons. The molecule has 1 aromatic carbocycles. The molecule has 19 heavy (non-hydrogen) atoms. The molecule has 3 nitrogen and oxygen atoms in total. The van der Waals surface area contributed by atoms with Crippen LogP contribution in [0, 0.1) is 5.82 Å². The highest BCUT2D eigenvalue weighted by atomic mass is 79.9. The summed E-state index contributed by atoms with van der Waals surface area (Å²) in [4.78, 5) is 0. The molecule has 1 fully saturated rings. The topological polar surface area (TPSA) is 41.5 Å². The van der Waals surface area contributed by atoms with Gasteiger partial charge in [-0.05, 0) is 53.4 Å². The smallest absolute Gasteiger partial charge is 0.137 e. The van der Waals surface area contributed by atoms with Crippen molar-refractivity contribution >= 4 is 15.9 Å². The Kier molecular flexibility index (Phi) is 4.95. The molecule has 1 aliphatic rings. The van der Waals surface area contributed by atoms with Gasteiger partial charge in [0, 0.05) is 13.2 Å². The molecule has 2 unspecified atom stereocenters. The summed E-state index contributed by atoms with van der Waals surface area (Å²) in [7, 11) is 0. The second kappa shape index (κ2) is 6.31. The van der Waals surface area contributed by atoms with Crippen LogP contribution in [0.1, 0.15) is 25.3 Å². The fourth-order valence-corrected chi connectivity index (χ4v) is 2.61. The molecule has 0 spiro atoms. The average molecular weight is 332 g/mol. The van der Waals surface area contributed by atoms with Crippen LogP contribution in [0.5, 0.6) is 0 Å². The van der Waals surface area contributed by atoms with Crippen LogP contribution in [-0.4, -0.2) is 31.0 Å². The number of ether oxygens (including phenoxy) is 1. The second-order valence-electron chi connectivity index (χ2n) is 5.14. The molecule has 2 rings (SSSR count). The van der Waals surface area contributed by atoms with Crippen molar-refractivity contribution in [3.05, 3.63) is 34.1 Å². The molecule has 1 aliphatic heterocycles. The van der Waals surface area contributed by atoms with Crippen LogP contribution >= 0.6 is 15.9 Å². The summed E-state index contributed by atoms with van der Waals surface area (Å²) in [6, 6.07) is 4.80. The number of hydrogen-bond acceptors (Lipinski definition) is 3. The van der Waals surface area contributed by atoms with Crippen LogP contribution < -0.4 is 5.32 Å². The zero-order valence-electron chi connectivity index (χ0n) is 11.0. The fraction of sp³-hybridized carbons (Fsp3) is 0.571. The zero-order valence-corrected chi connectivity index (χ0v) is 12.5. The van der Waals surface area contributed by atoms with E-state index in [9.17, 15) is 9.50 Å². The van der Waals surface area contributed by atoms with E-state index in [1.165, 1.54) is 6.07 Å². The van der Waals surface area contributed by atoms with Gasteiger partial charge in [-0.1, -0.05) is 6.07 Å². The maximum absolute atomic E-state index is 13.3. The Morgan fingerprint density at radius 1 is 1.58 bits per heavy atom. The Morgan fingerprint density at radius 2 is 2.37 bits per heavy atom. The van der Waals surface area contributed by atoms with Crippen molar-refractivity contribution in [1.29, 1.82) is 0 Å². The van der Waals surface area contributed by atoms with E-state index in [2.05, 4.69) is 21.2 Å². The summed E-state index contributed by atoms with van der Waals surface area (Å²) in [5, 5.41) is 13.0. The summed E-state index contributed by atoms with van der Waals surface area (Å²) < 4.78 is 19.2. The standard InChI is InChI=1S/C14H19BrFNO2/c1-14(9-18,17-8-11-3-2-6-19-11)10-4-5-13(16)12(15)7-10/h4-5,7,11,17-18H,2-3,6,8-9H2,1H3. The Hall–Kier alpha value is -0.490. The van der Waals surface area contributed by atoms with E-state index in [4.69, 9.17) is 4.74 Å².